The number of carbonyl (C=O) groups excluding carboxylic acids is 1. The second-order valence-corrected chi connectivity index (χ2v) is 6.47. The molecule has 1 aliphatic rings. The maximum absolute atomic E-state index is 12.3. The van der Waals surface area contributed by atoms with Gasteiger partial charge < -0.3 is 9.47 Å². The molecule has 0 bridgehead atoms. The molecule has 23 heavy (non-hydrogen) atoms. The molecule has 1 aromatic carbocycles. The summed E-state index contributed by atoms with van der Waals surface area (Å²) in [4.78, 5) is 13.8. The second kappa shape index (κ2) is 6.08. The minimum atomic E-state index is -0.683. The number of ether oxygens (including phenoxy) is 2. The van der Waals surface area contributed by atoms with E-state index in [-0.39, 0.29) is 12.1 Å². The lowest BCUT2D eigenvalue weighted by Crippen LogP contribution is -2.25. The Hall–Kier alpha value is -2.28. The van der Waals surface area contributed by atoms with Gasteiger partial charge in [0.1, 0.15) is 0 Å². The molecule has 1 unspecified atom stereocenters. The van der Waals surface area contributed by atoms with Crippen molar-refractivity contribution in [3.8, 4) is 0 Å². The molecule has 2 aromatic rings. The average molecular weight is 316 g/mol. The SMILES string of the molecule is CC(C)(C)n1nnc(COC(=O)C2OCCc3ccccc32)n1. The van der Waals surface area contributed by atoms with Gasteiger partial charge in [-0.25, -0.2) is 4.79 Å². The van der Waals surface area contributed by atoms with Crippen molar-refractivity contribution in [2.45, 2.75) is 45.4 Å². The number of fused-ring (bicyclic) bond motifs is 1. The van der Waals surface area contributed by atoms with E-state index in [9.17, 15) is 4.79 Å². The van der Waals surface area contributed by atoms with Gasteiger partial charge >= 0.3 is 5.97 Å². The Kier molecular flexibility index (Phi) is 4.12. The fraction of sp³-hybridized carbons (Fsp3) is 0.500. The van der Waals surface area contributed by atoms with Crippen LogP contribution in [0.25, 0.3) is 0 Å². The molecule has 0 saturated heterocycles. The molecule has 0 fully saturated rings. The molecule has 2 heterocycles. The molecule has 7 nitrogen and oxygen atoms in total. The van der Waals surface area contributed by atoms with Gasteiger partial charge in [0.2, 0.25) is 5.82 Å². The summed E-state index contributed by atoms with van der Waals surface area (Å²) in [6.45, 7) is 6.40. The molecule has 0 saturated carbocycles. The zero-order valence-corrected chi connectivity index (χ0v) is 13.5. The van der Waals surface area contributed by atoms with Crippen molar-refractivity contribution in [1.82, 2.24) is 20.2 Å². The van der Waals surface area contributed by atoms with Gasteiger partial charge in [0, 0.05) is 0 Å². The molecule has 122 valence electrons. The van der Waals surface area contributed by atoms with Crippen molar-refractivity contribution in [2.24, 2.45) is 0 Å². The Morgan fingerprint density at radius 3 is 2.91 bits per heavy atom. The van der Waals surface area contributed by atoms with Gasteiger partial charge in [0.15, 0.2) is 12.7 Å². The van der Waals surface area contributed by atoms with Gasteiger partial charge in [-0.05, 0) is 43.5 Å². The quantitative estimate of drug-likeness (QED) is 0.803. The first-order valence-corrected chi connectivity index (χ1v) is 7.60. The lowest BCUT2D eigenvalue weighted by molar-refractivity contribution is -0.160. The Morgan fingerprint density at radius 1 is 1.39 bits per heavy atom. The number of hydrogen-bond acceptors (Lipinski definition) is 6. The second-order valence-electron chi connectivity index (χ2n) is 6.47. The average Bonchev–Trinajstić information content (AvgIpc) is 3.01. The van der Waals surface area contributed by atoms with Crippen molar-refractivity contribution in [3.05, 3.63) is 41.2 Å². The third-order valence-electron chi connectivity index (χ3n) is 3.61. The first-order chi connectivity index (χ1) is 10.9. The topological polar surface area (TPSA) is 79.1 Å². The molecular weight excluding hydrogens is 296 g/mol. The van der Waals surface area contributed by atoms with Crippen LogP contribution in [-0.2, 0) is 32.8 Å². The van der Waals surface area contributed by atoms with E-state index < -0.39 is 12.1 Å². The van der Waals surface area contributed by atoms with E-state index in [1.807, 2.05) is 45.0 Å². The first kappa shape index (κ1) is 15.6. The molecule has 7 heteroatoms. The van der Waals surface area contributed by atoms with Crippen molar-refractivity contribution >= 4 is 5.97 Å². The maximum Gasteiger partial charge on any atom is 0.340 e. The van der Waals surface area contributed by atoms with Crippen LogP contribution in [-0.4, -0.2) is 32.8 Å². The van der Waals surface area contributed by atoms with Crippen molar-refractivity contribution in [1.29, 1.82) is 0 Å². The number of tetrazole rings is 1. The molecule has 0 N–H and O–H groups in total. The van der Waals surface area contributed by atoms with E-state index in [1.54, 1.807) is 0 Å². The number of hydrogen-bond donors (Lipinski definition) is 0. The maximum atomic E-state index is 12.3. The summed E-state index contributed by atoms with van der Waals surface area (Å²) in [7, 11) is 0. The molecule has 0 amide bonds. The predicted octanol–water partition coefficient (Wildman–Crippen LogP) is 1.79. The van der Waals surface area contributed by atoms with Crippen LogP contribution in [0.2, 0.25) is 0 Å². The number of esters is 1. The van der Waals surface area contributed by atoms with Gasteiger partial charge in [0.05, 0.1) is 12.1 Å². The molecule has 1 aliphatic heterocycles. The van der Waals surface area contributed by atoms with Gasteiger partial charge in [-0.2, -0.15) is 4.80 Å². The van der Waals surface area contributed by atoms with Crippen LogP contribution in [0, 0.1) is 0 Å². The third-order valence-corrected chi connectivity index (χ3v) is 3.61. The summed E-state index contributed by atoms with van der Waals surface area (Å²) in [5.41, 5.74) is 1.73. The highest BCUT2D eigenvalue weighted by Gasteiger charge is 2.29. The van der Waals surface area contributed by atoms with Gasteiger partial charge in [-0.15, -0.1) is 10.2 Å². The number of rotatable bonds is 3. The predicted molar refractivity (Wildman–Crippen MR) is 81.4 cm³/mol. The molecular formula is C16H20N4O3. The van der Waals surface area contributed by atoms with E-state index >= 15 is 0 Å². The summed E-state index contributed by atoms with van der Waals surface area (Å²) in [6.07, 6.45) is 0.124. The van der Waals surface area contributed by atoms with E-state index in [1.165, 1.54) is 4.80 Å². The van der Waals surface area contributed by atoms with E-state index in [0.717, 1.165) is 17.5 Å². The summed E-state index contributed by atoms with van der Waals surface area (Å²) < 4.78 is 10.9. The van der Waals surface area contributed by atoms with Crippen molar-refractivity contribution in [2.75, 3.05) is 6.61 Å². The molecule has 3 rings (SSSR count). The normalized spacial score (nSPS) is 17.6. The summed E-state index contributed by atoms with van der Waals surface area (Å²) >= 11 is 0. The Balaban J connectivity index is 1.66. The minimum Gasteiger partial charge on any atom is -0.455 e. The zero-order valence-electron chi connectivity index (χ0n) is 13.5. The van der Waals surface area contributed by atoms with E-state index in [2.05, 4.69) is 15.4 Å². The van der Waals surface area contributed by atoms with Crippen LogP contribution in [0.5, 0.6) is 0 Å². The lowest BCUT2D eigenvalue weighted by atomic mass is 9.98. The molecule has 0 aliphatic carbocycles. The first-order valence-electron chi connectivity index (χ1n) is 7.60. The van der Waals surface area contributed by atoms with Gasteiger partial charge in [-0.3, -0.25) is 0 Å². The van der Waals surface area contributed by atoms with Gasteiger partial charge in [-0.1, -0.05) is 24.3 Å². The summed E-state index contributed by atoms with van der Waals surface area (Å²) in [5.74, 6) is -0.0540. The summed E-state index contributed by atoms with van der Waals surface area (Å²) in [5, 5.41) is 12.1. The molecule has 0 spiro atoms. The fourth-order valence-corrected chi connectivity index (χ4v) is 2.39. The number of nitrogens with zero attached hydrogens (tertiary/aromatic N) is 4. The largest absolute Gasteiger partial charge is 0.455 e. The van der Waals surface area contributed by atoms with Gasteiger partial charge in [0.25, 0.3) is 0 Å². The monoisotopic (exact) mass is 316 g/mol. The van der Waals surface area contributed by atoms with Crippen LogP contribution in [0.4, 0.5) is 0 Å². The number of carbonyl (C=O) groups is 1. The lowest BCUT2D eigenvalue weighted by Gasteiger charge is -2.24. The van der Waals surface area contributed by atoms with Crippen molar-refractivity contribution in [3.63, 3.8) is 0 Å². The Morgan fingerprint density at radius 2 is 2.17 bits per heavy atom. The van der Waals surface area contributed by atoms with Crippen LogP contribution in [0.15, 0.2) is 24.3 Å². The number of aromatic nitrogens is 4. The number of benzene rings is 1. The van der Waals surface area contributed by atoms with Crippen LogP contribution in [0.1, 0.15) is 43.8 Å². The standard InChI is InChI=1S/C16H20N4O3/c1-16(2,3)20-18-13(17-19-20)10-23-15(21)14-12-7-5-4-6-11(12)8-9-22-14/h4-7,14H,8-10H2,1-3H3. The third kappa shape index (κ3) is 3.39. The highest BCUT2D eigenvalue weighted by molar-refractivity contribution is 5.77. The highest BCUT2D eigenvalue weighted by atomic mass is 16.6. The van der Waals surface area contributed by atoms with E-state index in [0.29, 0.717) is 12.4 Å². The Labute approximate surface area is 134 Å². The zero-order chi connectivity index (χ0) is 16.4. The molecule has 0 radical (unpaired) electrons. The Bertz CT molecular complexity index is 705. The highest BCUT2D eigenvalue weighted by Crippen LogP contribution is 2.28. The van der Waals surface area contributed by atoms with Crippen LogP contribution in [0.3, 0.4) is 0 Å². The van der Waals surface area contributed by atoms with Crippen molar-refractivity contribution < 1.29 is 14.3 Å². The minimum absolute atomic E-state index is 0.0169. The fourth-order valence-electron chi connectivity index (χ4n) is 2.39. The van der Waals surface area contributed by atoms with E-state index in [4.69, 9.17) is 9.47 Å². The van der Waals surface area contributed by atoms with Crippen LogP contribution >= 0.6 is 0 Å². The molecule has 1 aromatic heterocycles. The summed E-state index contributed by atoms with van der Waals surface area (Å²) in [6, 6.07) is 7.76. The smallest absolute Gasteiger partial charge is 0.340 e. The molecule has 1 atom stereocenters. The van der Waals surface area contributed by atoms with Crippen LogP contribution < -0.4 is 0 Å².